The van der Waals surface area contributed by atoms with Gasteiger partial charge in [-0.1, -0.05) is 12.1 Å². The molecule has 2 amide bonds. The van der Waals surface area contributed by atoms with Gasteiger partial charge in [0.05, 0.1) is 17.9 Å². The van der Waals surface area contributed by atoms with E-state index in [2.05, 4.69) is 31.8 Å². The molecule has 0 saturated heterocycles. The van der Waals surface area contributed by atoms with Gasteiger partial charge in [-0.15, -0.1) is 0 Å². The summed E-state index contributed by atoms with van der Waals surface area (Å²) in [7, 11) is 0. The molecular formula is C20H24N6O. The van der Waals surface area contributed by atoms with Gasteiger partial charge in [0, 0.05) is 42.4 Å². The minimum Gasteiger partial charge on any atom is -0.335 e. The molecule has 3 rings (SSSR count). The van der Waals surface area contributed by atoms with Crippen molar-refractivity contribution in [1.29, 1.82) is 0 Å². The van der Waals surface area contributed by atoms with Crippen LogP contribution in [-0.4, -0.2) is 31.8 Å². The van der Waals surface area contributed by atoms with Gasteiger partial charge in [-0.05, 0) is 44.5 Å². The van der Waals surface area contributed by atoms with Crippen molar-refractivity contribution in [3.63, 3.8) is 0 Å². The third kappa shape index (κ3) is 5.37. The molecule has 3 aromatic rings. The van der Waals surface area contributed by atoms with E-state index in [4.69, 9.17) is 0 Å². The molecule has 1 aromatic carbocycles. The van der Waals surface area contributed by atoms with Crippen molar-refractivity contribution in [1.82, 2.24) is 25.1 Å². The zero-order valence-electron chi connectivity index (χ0n) is 15.8. The first-order valence-corrected chi connectivity index (χ1v) is 8.92. The highest BCUT2D eigenvalue weighted by atomic mass is 16.2. The van der Waals surface area contributed by atoms with E-state index in [1.165, 1.54) is 0 Å². The molecule has 1 atom stereocenters. The van der Waals surface area contributed by atoms with E-state index >= 15 is 0 Å². The van der Waals surface area contributed by atoms with Gasteiger partial charge >= 0.3 is 6.03 Å². The first kappa shape index (κ1) is 18.6. The summed E-state index contributed by atoms with van der Waals surface area (Å²) in [6.45, 7) is 6.68. The molecule has 0 bridgehead atoms. The number of urea groups is 1. The molecule has 0 unspecified atom stereocenters. The lowest BCUT2D eigenvalue weighted by Gasteiger charge is -2.14. The SMILES string of the molecule is Cc1cc(C)n(Cc2ccc(NC(=O)N[C@@H](C)Cc3cnccn3)cc2)n1. The first-order valence-electron chi connectivity index (χ1n) is 8.92. The lowest BCUT2D eigenvalue weighted by atomic mass is 10.2. The number of benzene rings is 1. The van der Waals surface area contributed by atoms with E-state index in [1.54, 1.807) is 18.6 Å². The third-order valence-corrected chi connectivity index (χ3v) is 4.16. The Bertz CT molecular complexity index is 889. The van der Waals surface area contributed by atoms with E-state index in [0.717, 1.165) is 28.3 Å². The molecule has 27 heavy (non-hydrogen) atoms. The van der Waals surface area contributed by atoms with Crippen LogP contribution >= 0.6 is 0 Å². The topological polar surface area (TPSA) is 84.7 Å². The van der Waals surface area contributed by atoms with Crippen LogP contribution in [0.5, 0.6) is 0 Å². The molecule has 140 valence electrons. The number of carbonyl (C=O) groups excluding carboxylic acids is 1. The predicted octanol–water partition coefficient (Wildman–Crippen LogP) is 3.09. The second-order valence-electron chi connectivity index (χ2n) is 6.68. The van der Waals surface area contributed by atoms with Gasteiger partial charge in [0.15, 0.2) is 0 Å². The average Bonchev–Trinajstić information content (AvgIpc) is 2.94. The van der Waals surface area contributed by atoms with Gasteiger partial charge in [0.1, 0.15) is 0 Å². The minimum atomic E-state index is -0.238. The summed E-state index contributed by atoms with van der Waals surface area (Å²) in [6.07, 6.45) is 5.61. The maximum absolute atomic E-state index is 12.2. The highest BCUT2D eigenvalue weighted by Gasteiger charge is 2.09. The molecular weight excluding hydrogens is 340 g/mol. The van der Waals surface area contributed by atoms with E-state index in [9.17, 15) is 4.79 Å². The van der Waals surface area contributed by atoms with Gasteiger partial charge in [-0.3, -0.25) is 14.6 Å². The lowest BCUT2D eigenvalue weighted by molar-refractivity contribution is 0.249. The van der Waals surface area contributed by atoms with Crippen molar-refractivity contribution in [2.75, 3.05) is 5.32 Å². The van der Waals surface area contributed by atoms with Crippen LogP contribution in [0.15, 0.2) is 48.9 Å². The van der Waals surface area contributed by atoms with Crippen LogP contribution in [0.2, 0.25) is 0 Å². The minimum absolute atomic E-state index is 0.0491. The molecule has 7 nitrogen and oxygen atoms in total. The Balaban J connectivity index is 1.51. The molecule has 2 heterocycles. The van der Waals surface area contributed by atoms with E-state index in [0.29, 0.717) is 13.0 Å². The van der Waals surface area contributed by atoms with Crippen molar-refractivity contribution in [3.05, 3.63) is 71.6 Å². The summed E-state index contributed by atoms with van der Waals surface area (Å²) in [5, 5.41) is 10.2. The second-order valence-corrected chi connectivity index (χ2v) is 6.68. The first-order chi connectivity index (χ1) is 13.0. The Morgan fingerprint density at radius 1 is 1.19 bits per heavy atom. The van der Waals surface area contributed by atoms with Gasteiger partial charge < -0.3 is 10.6 Å². The lowest BCUT2D eigenvalue weighted by Crippen LogP contribution is -2.37. The second kappa shape index (κ2) is 8.44. The summed E-state index contributed by atoms with van der Waals surface area (Å²) >= 11 is 0. The van der Waals surface area contributed by atoms with E-state index < -0.39 is 0 Å². The van der Waals surface area contributed by atoms with Gasteiger partial charge in [0.2, 0.25) is 0 Å². The highest BCUT2D eigenvalue weighted by Crippen LogP contribution is 2.12. The fraction of sp³-hybridized carbons (Fsp3) is 0.300. The normalized spacial score (nSPS) is 11.8. The molecule has 2 aromatic heterocycles. The Morgan fingerprint density at radius 2 is 1.96 bits per heavy atom. The van der Waals surface area contributed by atoms with E-state index in [-0.39, 0.29) is 12.1 Å². The Hall–Kier alpha value is -3.22. The van der Waals surface area contributed by atoms with Crippen molar-refractivity contribution in [2.24, 2.45) is 0 Å². The molecule has 2 N–H and O–H groups in total. The van der Waals surface area contributed by atoms with Crippen LogP contribution < -0.4 is 10.6 Å². The number of anilines is 1. The van der Waals surface area contributed by atoms with Crippen molar-refractivity contribution < 1.29 is 4.79 Å². The van der Waals surface area contributed by atoms with Crippen LogP contribution in [0.4, 0.5) is 10.5 Å². The molecule has 0 radical (unpaired) electrons. The molecule has 0 fully saturated rings. The fourth-order valence-corrected chi connectivity index (χ4v) is 2.89. The number of rotatable bonds is 6. The van der Waals surface area contributed by atoms with E-state index in [1.807, 2.05) is 49.7 Å². The van der Waals surface area contributed by atoms with Gasteiger partial charge in [-0.25, -0.2) is 4.79 Å². The Kier molecular flexibility index (Phi) is 5.80. The van der Waals surface area contributed by atoms with Crippen LogP contribution in [0, 0.1) is 13.8 Å². The Morgan fingerprint density at radius 3 is 2.59 bits per heavy atom. The van der Waals surface area contributed by atoms with Crippen LogP contribution in [0.3, 0.4) is 0 Å². The maximum atomic E-state index is 12.2. The number of amides is 2. The maximum Gasteiger partial charge on any atom is 0.319 e. The molecule has 0 saturated carbocycles. The summed E-state index contributed by atoms with van der Waals surface area (Å²) in [4.78, 5) is 20.4. The van der Waals surface area contributed by atoms with Crippen molar-refractivity contribution in [2.45, 2.75) is 39.8 Å². The van der Waals surface area contributed by atoms with Crippen LogP contribution in [0.1, 0.15) is 29.6 Å². The smallest absolute Gasteiger partial charge is 0.319 e. The monoisotopic (exact) mass is 364 g/mol. The average molecular weight is 364 g/mol. The molecule has 0 aliphatic heterocycles. The van der Waals surface area contributed by atoms with Crippen LogP contribution in [-0.2, 0) is 13.0 Å². The summed E-state index contributed by atoms with van der Waals surface area (Å²) in [5.74, 6) is 0. The zero-order valence-corrected chi connectivity index (χ0v) is 15.8. The number of nitrogens with one attached hydrogen (secondary N) is 2. The number of aromatic nitrogens is 4. The quantitative estimate of drug-likeness (QED) is 0.704. The third-order valence-electron chi connectivity index (χ3n) is 4.16. The molecule has 0 spiro atoms. The van der Waals surface area contributed by atoms with Gasteiger partial charge in [0.25, 0.3) is 0 Å². The van der Waals surface area contributed by atoms with Crippen LogP contribution in [0.25, 0.3) is 0 Å². The molecule has 0 aliphatic rings. The summed E-state index contributed by atoms with van der Waals surface area (Å²) in [5.41, 5.74) is 4.86. The largest absolute Gasteiger partial charge is 0.335 e. The summed E-state index contributed by atoms with van der Waals surface area (Å²) in [6, 6.07) is 9.55. The summed E-state index contributed by atoms with van der Waals surface area (Å²) < 4.78 is 1.97. The zero-order chi connectivity index (χ0) is 19.2. The number of hydrogen-bond acceptors (Lipinski definition) is 4. The molecule has 0 aliphatic carbocycles. The Labute approximate surface area is 158 Å². The van der Waals surface area contributed by atoms with Crippen molar-refractivity contribution in [3.8, 4) is 0 Å². The fourth-order valence-electron chi connectivity index (χ4n) is 2.89. The number of hydrogen-bond donors (Lipinski definition) is 2. The standard InChI is InChI=1S/C20H24N6O/c1-14(11-19-12-21-8-9-22-19)23-20(27)24-18-6-4-17(5-7-18)13-26-16(3)10-15(2)25-26/h4-10,12,14H,11,13H2,1-3H3,(H2,23,24,27)/t14-/m0/s1. The van der Waals surface area contributed by atoms with Crippen molar-refractivity contribution >= 4 is 11.7 Å². The highest BCUT2D eigenvalue weighted by molar-refractivity contribution is 5.89. The number of nitrogens with zero attached hydrogens (tertiary/aromatic N) is 4. The molecule has 7 heteroatoms. The number of aryl methyl sites for hydroxylation is 2. The number of carbonyl (C=O) groups is 1. The van der Waals surface area contributed by atoms with Gasteiger partial charge in [-0.2, -0.15) is 5.10 Å². The predicted molar refractivity (Wildman–Crippen MR) is 105 cm³/mol.